The molecule has 0 unspecified atom stereocenters. The molecule has 10 nitrogen and oxygen atoms in total. The van der Waals surface area contributed by atoms with E-state index < -0.39 is 0 Å². The molecule has 0 saturated carbocycles. The monoisotopic (exact) mass is 698 g/mol. The highest BCUT2D eigenvalue weighted by atomic mass is 79.9. The van der Waals surface area contributed by atoms with E-state index in [0.29, 0.717) is 40.8 Å². The van der Waals surface area contributed by atoms with E-state index in [1.807, 2.05) is 48.5 Å². The van der Waals surface area contributed by atoms with Crippen molar-refractivity contribution in [1.29, 1.82) is 0 Å². The lowest BCUT2D eigenvalue weighted by Crippen LogP contribution is -2.29. The number of carbonyl (C=O) groups excluding carboxylic acids is 2. The van der Waals surface area contributed by atoms with Crippen molar-refractivity contribution >= 4 is 73.7 Å². The van der Waals surface area contributed by atoms with Gasteiger partial charge in [-0.3, -0.25) is 4.79 Å². The zero-order chi connectivity index (χ0) is 32.5. The van der Waals surface area contributed by atoms with E-state index in [0.717, 1.165) is 44.6 Å². The number of nitrogens with zero attached hydrogens (tertiary/aromatic N) is 4. The summed E-state index contributed by atoms with van der Waals surface area (Å²) in [4.78, 5) is 45.2. The average Bonchev–Trinajstić information content (AvgIpc) is 3.05. The van der Waals surface area contributed by atoms with Crippen molar-refractivity contribution in [2.45, 2.75) is 55.7 Å². The summed E-state index contributed by atoms with van der Waals surface area (Å²) in [6.07, 6.45) is 6.25. The number of rotatable bonds is 12. The number of amides is 3. The van der Waals surface area contributed by atoms with Crippen molar-refractivity contribution in [3.8, 4) is 0 Å². The molecule has 0 fully saturated rings. The van der Waals surface area contributed by atoms with Gasteiger partial charge in [0, 0.05) is 44.0 Å². The van der Waals surface area contributed by atoms with Crippen LogP contribution in [0.2, 0.25) is 0 Å². The molecule has 0 radical (unpaired) electrons. The number of benzene rings is 2. The predicted octanol–water partition coefficient (Wildman–Crippen LogP) is 8.76. The summed E-state index contributed by atoms with van der Waals surface area (Å²) in [5, 5.41) is 12.8. The first-order valence-electron chi connectivity index (χ1n) is 15.1. The minimum Gasteiger partial charge on any atom is -0.339 e. The highest BCUT2D eigenvalue weighted by Crippen LogP contribution is 2.37. The Bertz CT molecular complexity index is 1820. The number of carbonyl (C=O) groups is 2. The van der Waals surface area contributed by atoms with Gasteiger partial charge in [0.25, 0.3) is 5.91 Å². The molecule has 0 atom stereocenters. The summed E-state index contributed by atoms with van der Waals surface area (Å²) in [6.45, 7) is 6.95. The molecule has 3 aromatic heterocycles. The Morgan fingerprint density at radius 2 is 1.74 bits per heavy atom. The van der Waals surface area contributed by atoms with Crippen LogP contribution in [0.25, 0.3) is 11.0 Å². The average molecular weight is 700 g/mol. The van der Waals surface area contributed by atoms with Crippen LogP contribution in [0, 0.1) is 0 Å². The van der Waals surface area contributed by atoms with Gasteiger partial charge in [-0.2, -0.15) is 0 Å². The first-order chi connectivity index (χ1) is 22.3. The van der Waals surface area contributed by atoms with Crippen molar-refractivity contribution in [3.05, 3.63) is 95.0 Å². The van der Waals surface area contributed by atoms with Gasteiger partial charge in [-0.1, -0.05) is 45.4 Å². The van der Waals surface area contributed by atoms with Crippen LogP contribution >= 0.6 is 27.7 Å². The zero-order valence-corrected chi connectivity index (χ0v) is 28.2. The number of anilines is 4. The van der Waals surface area contributed by atoms with Crippen LogP contribution in [0.15, 0.2) is 93.5 Å². The summed E-state index contributed by atoms with van der Waals surface area (Å²) in [5.74, 6) is 0.981. The summed E-state index contributed by atoms with van der Waals surface area (Å²) < 4.78 is 0.819. The molecule has 0 aliphatic heterocycles. The quantitative estimate of drug-likeness (QED) is 0.0951. The van der Waals surface area contributed by atoms with Crippen LogP contribution in [0.5, 0.6) is 0 Å². The van der Waals surface area contributed by atoms with Crippen LogP contribution in [0.1, 0.15) is 62.0 Å². The van der Waals surface area contributed by atoms with E-state index in [1.165, 1.54) is 18.1 Å². The van der Waals surface area contributed by atoms with Crippen LogP contribution in [0.3, 0.4) is 0 Å². The van der Waals surface area contributed by atoms with Gasteiger partial charge in [0.15, 0.2) is 5.65 Å². The third-order valence-corrected chi connectivity index (χ3v) is 8.53. The molecule has 0 saturated heterocycles. The normalized spacial score (nSPS) is 11.0. The van der Waals surface area contributed by atoms with Gasteiger partial charge in [-0.25, -0.2) is 24.7 Å². The molecule has 236 valence electrons. The number of halogens is 1. The van der Waals surface area contributed by atoms with Gasteiger partial charge in [-0.05, 0) is 95.0 Å². The second-order valence-electron chi connectivity index (χ2n) is 10.9. The molecule has 3 heterocycles. The number of hydrogen-bond acceptors (Lipinski definition) is 8. The second-order valence-corrected chi connectivity index (χ2v) is 12.9. The van der Waals surface area contributed by atoms with Crippen molar-refractivity contribution in [3.63, 3.8) is 0 Å². The van der Waals surface area contributed by atoms with Gasteiger partial charge in [0.05, 0.1) is 11.1 Å². The fourth-order valence-corrected chi connectivity index (χ4v) is 5.60. The van der Waals surface area contributed by atoms with Gasteiger partial charge >= 0.3 is 6.03 Å². The Balaban J connectivity index is 1.40. The molecule has 5 aromatic rings. The molecule has 2 aromatic carbocycles. The van der Waals surface area contributed by atoms with Gasteiger partial charge < -0.3 is 21.3 Å². The fraction of sp³-hybridized carbons (Fsp3) is 0.235. The predicted molar refractivity (Wildman–Crippen MR) is 188 cm³/mol. The number of fused-ring (bicyclic) bond motifs is 1. The van der Waals surface area contributed by atoms with Crippen molar-refractivity contribution in [2.75, 3.05) is 22.5 Å². The lowest BCUT2D eigenvalue weighted by Gasteiger charge is -2.15. The van der Waals surface area contributed by atoms with E-state index in [4.69, 9.17) is 4.98 Å². The van der Waals surface area contributed by atoms with Gasteiger partial charge in [-0.15, -0.1) is 0 Å². The topological polar surface area (TPSA) is 134 Å². The Morgan fingerprint density at radius 3 is 2.48 bits per heavy atom. The van der Waals surface area contributed by atoms with Crippen LogP contribution < -0.4 is 21.3 Å². The highest BCUT2D eigenvalue weighted by molar-refractivity contribution is 9.10. The first kappa shape index (κ1) is 32.8. The van der Waals surface area contributed by atoms with E-state index in [1.54, 1.807) is 24.4 Å². The number of pyridine rings is 2. The Morgan fingerprint density at radius 1 is 0.913 bits per heavy atom. The van der Waals surface area contributed by atoms with Crippen molar-refractivity contribution in [2.24, 2.45) is 0 Å². The molecular formula is C34H35BrN8O2S. The van der Waals surface area contributed by atoms with Gasteiger partial charge in [0.2, 0.25) is 0 Å². The standard InChI is InChI=1S/C34H35BrN8O2S/c1-4-5-6-17-36-34(45)40-24-9-11-25(12-10-24)46-29-15-7-22(33(44)43-30-16-8-23(35)19-37-30)18-28(29)42-32-26-13-14-27(21(2)3)41-31(26)38-20-39-32/h7-16,18-21H,4-6,17H2,1-3H3,(H2,36,40,45)(H,37,43,44)(H,38,39,41,42). The maximum atomic E-state index is 13.2. The molecular weight excluding hydrogens is 664 g/mol. The highest BCUT2D eigenvalue weighted by Gasteiger charge is 2.15. The third kappa shape index (κ3) is 8.79. The lowest BCUT2D eigenvalue weighted by molar-refractivity contribution is 0.102. The van der Waals surface area contributed by atoms with Crippen LogP contribution in [-0.4, -0.2) is 38.4 Å². The fourth-order valence-electron chi connectivity index (χ4n) is 4.49. The lowest BCUT2D eigenvalue weighted by atomic mass is 10.1. The molecule has 0 bridgehead atoms. The summed E-state index contributed by atoms with van der Waals surface area (Å²) >= 11 is 4.89. The van der Waals surface area contributed by atoms with E-state index in [-0.39, 0.29) is 17.9 Å². The maximum Gasteiger partial charge on any atom is 0.319 e. The Hall–Kier alpha value is -4.55. The van der Waals surface area contributed by atoms with Crippen LogP contribution in [-0.2, 0) is 0 Å². The Kier molecular flexibility index (Phi) is 11.2. The maximum absolute atomic E-state index is 13.2. The number of unbranched alkanes of at least 4 members (excludes halogenated alkanes) is 2. The SMILES string of the molecule is CCCCCNC(=O)Nc1ccc(Sc2ccc(C(=O)Nc3ccc(Br)cn3)cc2Nc2ncnc3nc(C(C)C)ccc23)cc1. The van der Waals surface area contributed by atoms with Crippen molar-refractivity contribution < 1.29 is 9.59 Å². The second kappa shape index (κ2) is 15.6. The summed E-state index contributed by atoms with van der Waals surface area (Å²) in [5.41, 5.74) is 3.36. The number of urea groups is 1. The first-order valence-corrected chi connectivity index (χ1v) is 16.7. The van der Waals surface area contributed by atoms with E-state index in [9.17, 15) is 9.59 Å². The minimum absolute atomic E-state index is 0.220. The largest absolute Gasteiger partial charge is 0.339 e. The molecule has 5 rings (SSSR count). The molecule has 0 spiro atoms. The molecule has 3 amide bonds. The van der Waals surface area contributed by atoms with E-state index >= 15 is 0 Å². The number of nitrogens with one attached hydrogen (secondary N) is 4. The Labute approximate surface area is 280 Å². The smallest absolute Gasteiger partial charge is 0.319 e. The van der Waals surface area contributed by atoms with Crippen LogP contribution in [0.4, 0.5) is 27.8 Å². The third-order valence-electron chi connectivity index (χ3n) is 6.98. The molecule has 0 aliphatic carbocycles. The molecule has 4 N–H and O–H groups in total. The molecule has 12 heteroatoms. The number of hydrogen-bond donors (Lipinski definition) is 4. The zero-order valence-electron chi connectivity index (χ0n) is 25.8. The number of aromatic nitrogens is 4. The molecule has 46 heavy (non-hydrogen) atoms. The van der Waals surface area contributed by atoms with Gasteiger partial charge in [0.1, 0.15) is 18.0 Å². The summed E-state index contributed by atoms with van der Waals surface area (Å²) in [7, 11) is 0. The van der Waals surface area contributed by atoms with Crippen molar-refractivity contribution in [1.82, 2.24) is 25.3 Å². The summed E-state index contributed by atoms with van der Waals surface area (Å²) in [6, 6.07) is 20.3. The minimum atomic E-state index is -0.298. The van der Waals surface area contributed by atoms with E-state index in [2.05, 4.69) is 72.9 Å². The molecule has 0 aliphatic rings.